The molecule has 0 bridgehead atoms. The maximum absolute atomic E-state index is 11.9. The van der Waals surface area contributed by atoms with Crippen molar-refractivity contribution < 1.29 is 9.72 Å². The van der Waals surface area contributed by atoms with Crippen molar-refractivity contribution >= 4 is 11.6 Å². The van der Waals surface area contributed by atoms with Gasteiger partial charge in [0, 0.05) is 26.4 Å². The number of benzene rings is 1. The van der Waals surface area contributed by atoms with Gasteiger partial charge in [-0.15, -0.1) is 0 Å². The first-order valence-electron chi connectivity index (χ1n) is 6.42. The molecule has 1 amide bonds. The van der Waals surface area contributed by atoms with Gasteiger partial charge in [-0.2, -0.15) is 5.10 Å². The summed E-state index contributed by atoms with van der Waals surface area (Å²) in [6.07, 6.45) is 1.65. The van der Waals surface area contributed by atoms with E-state index in [4.69, 9.17) is 0 Å². The van der Waals surface area contributed by atoms with E-state index in [-0.39, 0.29) is 11.6 Å². The number of carbonyl (C=O) groups excluding carboxylic acids is 1. The van der Waals surface area contributed by atoms with E-state index in [1.54, 1.807) is 51.5 Å². The Morgan fingerprint density at radius 3 is 2.62 bits per heavy atom. The predicted octanol–water partition coefficient (Wildman–Crippen LogP) is 2.11. The third kappa shape index (κ3) is 2.91. The van der Waals surface area contributed by atoms with Gasteiger partial charge in [0.25, 0.3) is 5.69 Å². The van der Waals surface area contributed by atoms with Crippen LogP contribution in [0.1, 0.15) is 13.0 Å². The Balaban J connectivity index is 2.37. The maximum atomic E-state index is 11.9. The molecule has 1 aromatic carbocycles. The molecule has 1 heterocycles. The molecule has 1 atom stereocenters. The summed E-state index contributed by atoms with van der Waals surface area (Å²) in [7, 11) is 3.34. The molecule has 2 rings (SSSR count). The zero-order valence-corrected chi connectivity index (χ0v) is 12.1. The van der Waals surface area contributed by atoms with Crippen molar-refractivity contribution in [1.29, 1.82) is 0 Å². The minimum absolute atomic E-state index is 0.00524. The Hall–Kier alpha value is -2.70. The van der Waals surface area contributed by atoms with Crippen LogP contribution < -0.4 is 0 Å². The van der Waals surface area contributed by atoms with Gasteiger partial charge in [-0.1, -0.05) is 12.1 Å². The summed E-state index contributed by atoms with van der Waals surface area (Å²) in [4.78, 5) is 24.0. The molecule has 7 heteroatoms. The summed E-state index contributed by atoms with van der Waals surface area (Å²) in [5.74, 6) is -0.0905. The molecule has 110 valence electrons. The van der Waals surface area contributed by atoms with Gasteiger partial charge < -0.3 is 4.90 Å². The Morgan fingerprint density at radius 1 is 1.33 bits per heavy atom. The average molecular weight is 288 g/mol. The third-order valence-corrected chi connectivity index (χ3v) is 3.18. The van der Waals surface area contributed by atoms with Crippen molar-refractivity contribution in [3.63, 3.8) is 0 Å². The number of nitrogens with zero attached hydrogens (tertiary/aromatic N) is 4. The summed E-state index contributed by atoms with van der Waals surface area (Å²) in [6, 6.07) is 7.61. The minimum Gasteiger partial charge on any atom is -0.347 e. The molecule has 21 heavy (non-hydrogen) atoms. The highest BCUT2D eigenvalue weighted by Gasteiger charge is 2.20. The average Bonchev–Trinajstić information content (AvgIpc) is 2.95. The van der Waals surface area contributed by atoms with Gasteiger partial charge in [-0.3, -0.25) is 19.6 Å². The van der Waals surface area contributed by atoms with Crippen LogP contribution in [0.25, 0.3) is 11.3 Å². The Labute approximate surface area is 121 Å². The van der Waals surface area contributed by atoms with Gasteiger partial charge in [0.1, 0.15) is 6.04 Å². The van der Waals surface area contributed by atoms with Gasteiger partial charge in [0.05, 0.1) is 16.2 Å². The van der Waals surface area contributed by atoms with Crippen LogP contribution in [0, 0.1) is 10.1 Å². The standard InChI is InChI=1S/C14H16N4O3/c1-10(14(19)16(2)3)17-9-8-12(15-17)11-6-4-5-7-13(11)18(20)21/h4-10H,1-3H3. The van der Waals surface area contributed by atoms with Gasteiger partial charge in [0.15, 0.2) is 0 Å². The van der Waals surface area contributed by atoms with Gasteiger partial charge in [0.2, 0.25) is 5.91 Å². The van der Waals surface area contributed by atoms with Crippen molar-refractivity contribution in [3.05, 3.63) is 46.6 Å². The molecular formula is C14H16N4O3. The lowest BCUT2D eigenvalue weighted by atomic mass is 10.1. The van der Waals surface area contributed by atoms with Crippen molar-refractivity contribution in [2.75, 3.05) is 14.1 Å². The highest BCUT2D eigenvalue weighted by atomic mass is 16.6. The first-order chi connectivity index (χ1) is 9.91. The zero-order chi connectivity index (χ0) is 15.6. The Kier molecular flexibility index (Phi) is 4.02. The predicted molar refractivity (Wildman–Crippen MR) is 77.7 cm³/mol. The van der Waals surface area contributed by atoms with E-state index in [9.17, 15) is 14.9 Å². The molecule has 0 spiro atoms. The third-order valence-electron chi connectivity index (χ3n) is 3.18. The molecule has 0 saturated carbocycles. The second-order valence-corrected chi connectivity index (χ2v) is 4.86. The Bertz CT molecular complexity index is 678. The van der Waals surface area contributed by atoms with E-state index in [0.717, 1.165) is 0 Å². The fourth-order valence-corrected chi connectivity index (χ4v) is 2.03. The summed E-state index contributed by atoms with van der Waals surface area (Å²) in [6.45, 7) is 1.73. The van der Waals surface area contributed by atoms with Crippen LogP contribution in [0.3, 0.4) is 0 Å². The van der Waals surface area contributed by atoms with E-state index in [2.05, 4.69) is 5.10 Å². The fraction of sp³-hybridized carbons (Fsp3) is 0.286. The second kappa shape index (κ2) is 5.74. The van der Waals surface area contributed by atoms with E-state index < -0.39 is 11.0 Å². The van der Waals surface area contributed by atoms with E-state index >= 15 is 0 Å². The van der Waals surface area contributed by atoms with Crippen molar-refractivity contribution in [2.45, 2.75) is 13.0 Å². The largest absolute Gasteiger partial charge is 0.347 e. The molecule has 0 saturated heterocycles. The summed E-state index contributed by atoms with van der Waals surface area (Å²) >= 11 is 0. The number of nitro groups is 1. The van der Waals surface area contributed by atoms with Crippen LogP contribution in [0.15, 0.2) is 36.5 Å². The minimum atomic E-state index is -0.462. The van der Waals surface area contributed by atoms with Gasteiger partial charge in [-0.05, 0) is 19.1 Å². The monoisotopic (exact) mass is 288 g/mol. The molecule has 2 aromatic rings. The summed E-state index contributed by atoms with van der Waals surface area (Å²) in [5.41, 5.74) is 0.904. The molecule has 0 radical (unpaired) electrons. The second-order valence-electron chi connectivity index (χ2n) is 4.86. The number of hydrogen-bond acceptors (Lipinski definition) is 4. The number of aromatic nitrogens is 2. The lowest BCUT2D eigenvalue weighted by molar-refractivity contribution is -0.384. The lowest BCUT2D eigenvalue weighted by Gasteiger charge is -2.16. The molecule has 1 aromatic heterocycles. The van der Waals surface area contributed by atoms with Crippen LogP contribution in [0.2, 0.25) is 0 Å². The van der Waals surface area contributed by atoms with Crippen molar-refractivity contribution in [2.24, 2.45) is 0 Å². The number of rotatable bonds is 4. The molecule has 7 nitrogen and oxygen atoms in total. The highest BCUT2D eigenvalue weighted by molar-refractivity contribution is 5.79. The van der Waals surface area contributed by atoms with E-state index in [1.165, 1.54) is 15.6 Å². The lowest BCUT2D eigenvalue weighted by Crippen LogP contribution is -2.30. The first-order valence-corrected chi connectivity index (χ1v) is 6.42. The number of hydrogen-bond donors (Lipinski definition) is 0. The molecular weight excluding hydrogens is 272 g/mol. The maximum Gasteiger partial charge on any atom is 0.278 e. The Morgan fingerprint density at radius 2 is 2.00 bits per heavy atom. The number of para-hydroxylation sites is 1. The summed E-state index contributed by atoms with van der Waals surface area (Å²) in [5, 5.41) is 15.3. The van der Waals surface area contributed by atoms with Crippen LogP contribution in [0.4, 0.5) is 5.69 Å². The number of nitro benzene ring substituents is 1. The quantitative estimate of drug-likeness (QED) is 0.637. The molecule has 0 fully saturated rings. The highest BCUT2D eigenvalue weighted by Crippen LogP contribution is 2.28. The van der Waals surface area contributed by atoms with Crippen LogP contribution in [-0.2, 0) is 4.79 Å². The molecule has 0 aliphatic rings. The van der Waals surface area contributed by atoms with Crippen molar-refractivity contribution in [3.8, 4) is 11.3 Å². The van der Waals surface area contributed by atoms with Gasteiger partial charge >= 0.3 is 0 Å². The zero-order valence-electron chi connectivity index (χ0n) is 12.1. The molecule has 0 aliphatic carbocycles. The summed E-state index contributed by atoms with van der Waals surface area (Å²) < 4.78 is 1.51. The number of amides is 1. The molecule has 0 N–H and O–H groups in total. The van der Waals surface area contributed by atoms with Crippen LogP contribution in [-0.4, -0.2) is 39.6 Å². The van der Waals surface area contributed by atoms with Crippen LogP contribution >= 0.6 is 0 Å². The van der Waals surface area contributed by atoms with E-state index in [1.807, 2.05) is 0 Å². The normalized spacial score (nSPS) is 12.0. The number of carbonyl (C=O) groups is 1. The van der Waals surface area contributed by atoms with Crippen LogP contribution in [0.5, 0.6) is 0 Å². The van der Waals surface area contributed by atoms with E-state index in [0.29, 0.717) is 11.3 Å². The topological polar surface area (TPSA) is 81.3 Å². The van der Waals surface area contributed by atoms with Gasteiger partial charge in [-0.25, -0.2) is 0 Å². The number of likely N-dealkylation sites (N-methyl/N-ethyl adjacent to an activating group) is 1. The smallest absolute Gasteiger partial charge is 0.278 e. The molecule has 1 unspecified atom stereocenters. The molecule has 0 aliphatic heterocycles. The SMILES string of the molecule is CC(C(=O)N(C)C)n1ccc(-c2ccccc2[N+](=O)[O-])n1. The fourth-order valence-electron chi connectivity index (χ4n) is 2.03. The first kappa shape index (κ1) is 14.7. The van der Waals surface area contributed by atoms with Crippen molar-refractivity contribution in [1.82, 2.24) is 14.7 Å².